The van der Waals surface area contributed by atoms with Crippen LogP contribution in [0, 0.1) is 0 Å². The average molecular weight is 525 g/mol. The number of hydrogen-bond acceptors (Lipinski definition) is 7. The number of esters is 2. The minimum absolute atomic E-state index is 0.0512. The Bertz CT molecular complexity index is 1380. The molecule has 0 fully saturated rings. The van der Waals surface area contributed by atoms with Gasteiger partial charge < -0.3 is 14.8 Å². The Labute approximate surface area is 216 Å². The molecule has 36 heavy (non-hydrogen) atoms. The van der Waals surface area contributed by atoms with Gasteiger partial charge >= 0.3 is 11.9 Å². The van der Waals surface area contributed by atoms with Crippen molar-refractivity contribution in [2.24, 2.45) is 0 Å². The quantitative estimate of drug-likeness (QED) is 0.258. The lowest BCUT2D eigenvalue weighted by Crippen LogP contribution is -2.33. The first-order chi connectivity index (χ1) is 17.3. The molecule has 0 aliphatic carbocycles. The van der Waals surface area contributed by atoms with E-state index in [-0.39, 0.29) is 34.2 Å². The molecule has 0 saturated heterocycles. The maximum Gasteiger partial charge on any atom is 0.343 e. The third kappa shape index (κ3) is 5.10. The number of carbonyl (C=O) groups is 4. The molecule has 1 aliphatic rings. The monoisotopic (exact) mass is 524 g/mol. The summed E-state index contributed by atoms with van der Waals surface area (Å²) in [6, 6.07) is 18.5. The largest absolute Gasteiger partial charge is 0.462 e. The van der Waals surface area contributed by atoms with Crippen molar-refractivity contribution >= 4 is 58.3 Å². The number of nitrogens with zero attached hydrogens (tertiary/aromatic N) is 1. The molecule has 2 amide bonds. The zero-order valence-corrected chi connectivity index (χ0v) is 20.3. The summed E-state index contributed by atoms with van der Waals surface area (Å²) in [5.74, 6) is -2.46. The summed E-state index contributed by atoms with van der Waals surface area (Å²) in [6.07, 6.45) is 0. The van der Waals surface area contributed by atoms with Crippen molar-refractivity contribution < 1.29 is 28.7 Å². The molecule has 10 heteroatoms. The van der Waals surface area contributed by atoms with Gasteiger partial charge in [-0.05, 0) is 67.6 Å². The molecule has 0 spiro atoms. The number of anilines is 2. The Balaban J connectivity index is 1.51. The lowest BCUT2D eigenvalue weighted by molar-refractivity contribution is -0.120. The first-order valence-corrected chi connectivity index (χ1v) is 11.4. The van der Waals surface area contributed by atoms with Crippen molar-refractivity contribution in [3.63, 3.8) is 0 Å². The predicted octanol–water partition coefficient (Wildman–Crippen LogP) is 5.17. The number of para-hydroxylation sites is 1. The molecule has 0 radical (unpaired) electrons. The van der Waals surface area contributed by atoms with E-state index < -0.39 is 23.8 Å². The fourth-order valence-corrected chi connectivity index (χ4v) is 3.72. The van der Waals surface area contributed by atoms with E-state index in [0.717, 1.165) is 4.90 Å². The van der Waals surface area contributed by atoms with Gasteiger partial charge in [-0.1, -0.05) is 35.3 Å². The Hall–Kier alpha value is -4.14. The molecular formula is C26H18Cl2N2O6. The Morgan fingerprint density at radius 3 is 2.19 bits per heavy atom. The van der Waals surface area contributed by atoms with Crippen LogP contribution in [0.3, 0.4) is 0 Å². The molecule has 0 bridgehead atoms. The lowest BCUT2D eigenvalue weighted by Gasteiger charge is -2.18. The van der Waals surface area contributed by atoms with Crippen molar-refractivity contribution in [2.45, 2.75) is 6.92 Å². The van der Waals surface area contributed by atoms with Gasteiger partial charge in [0.05, 0.1) is 23.4 Å². The van der Waals surface area contributed by atoms with Gasteiger partial charge in [-0.3, -0.25) is 9.59 Å². The first-order valence-electron chi connectivity index (χ1n) is 10.7. The maximum absolute atomic E-state index is 13.1. The second-order valence-corrected chi connectivity index (χ2v) is 8.23. The average Bonchev–Trinajstić information content (AvgIpc) is 3.08. The Kier molecular flexibility index (Phi) is 7.38. The maximum atomic E-state index is 13.1. The number of amides is 2. The van der Waals surface area contributed by atoms with Crippen LogP contribution in [-0.4, -0.2) is 30.4 Å². The van der Waals surface area contributed by atoms with Gasteiger partial charge in [-0.2, -0.15) is 0 Å². The second kappa shape index (κ2) is 10.6. The molecule has 8 nitrogen and oxygen atoms in total. The molecule has 1 heterocycles. The van der Waals surface area contributed by atoms with E-state index in [1.165, 1.54) is 36.4 Å². The van der Waals surface area contributed by atoms with Crippen LogP contribution in [0.4, 0.5) is 11.4 Å². The smallest absolute Gasteiger partial charge is 0.343 e. The molecule has 0 saturated carbocycles. The van der Waals surface area contributed by atoms with Crippen LogP contribution in [0.5, 0.6) is 5.75 Å². The summed E-state index contributed by atoms with van der Waals surface area (Å²) in [5, 5.41) is 2.99. The van der Waals surface area contributed by atoms with Gasteiger partial charge in [-0.25, -0.2) is 14.5 Å². The minimum atomic E-state index is -0.788. The highest BCUT2D eigenvalue weighted by Crippen LogP contribution is 2.32. The zero-order valence-electron chi connectivity index (χ0n) is 18.8. The van der Waals surface area contributed by atoms with E-state index >= 15 is 0 Å². The van der Waals surface area contributed by atoms with Crippen molar-refractivity contribution in [1.29, 1.82) is 0 Å². The van der Waals surface area contributed by atoms with Crippen molar-refractivity contribution in [3.8, 4) is 5.75 Å². The Morgan fingerprint density at radius 1 is 0.861 bits per heavy atom. The highest BCUT2D eigenvalue weighted by molar-refractivity contribution is 6.53. The summed E-state index contributed by atoms with van der Waals surface area (Å²) in [6.45, 7) is 1.78. The SMILES string of the molecule is CCOC(=O)c1ccccc1N1C(=O)C(Cl)=C(Nc2ccc(C(=O)Oc3ccc(Cl)cc3)cc2)C1=O. The van der Waals surface area contributed by atoms with Gasteiger partial charge in [0.2, 0.25) is 0 Å². The normalized spacial score (nSPS) is 13.1. The fraction of sp³-hybridized carbons (Fsp3) is 0.0769. The molecule has 3 aromatic rings. The number of carbonyl (C=O) groups excluding carboxylic acids is 4. The van der Waals surface area contributed by atoms with Crippen LogP contribution in [0.1, 0.15) is 27.6 Å². The van der Waals surface area contributed by atoms with E-state index in [9.17, 15) is 19.2 Å². The van der Waals surface area contributed by atoms with E-state index in [1.807, 2.05) is 0 Å². The third-order valence-electron chi connectivity index (χ3n) is 5.08. The molecular weight excluding hydrogens is 507 g/mol. The van der Waals surface area contributed by atoms with Crippen LogP contribution in [0.15, 0.2) is 83.5 Å². The number of benzene rings is 3. The summed E-state index contributed by atoms with van der Waals surface area (Å²) >= 11 is 12.0. The highest BCUT2D eigenvalue weighted by Gasteiger charge is 2.40. The van der Waals surface area contributed by atoms with Crippen LogP contribution >= 0.6 is 23.2 Å². The summed E-state index contributed by atoms with van der Waals surface area (Å²) in [4.78, 5) is 51.5. The number of halogens is 2. The van der Waals surface area contributed by atoms with Crippen LogP contribution < -0.4 is 15.0 Å². The van der Waals surface area contributed by atoms with Gasteiger partial charge in [0.1, 0.15) is 16.5 Å². The number of hydrogen-bond donors (Lipinski definition) is 1. The number of rotatable bonds is 7. The van der Waals surface area contributed by atoms with Crippen LogP contribution in [0.25, 0.3) is 0 Å². The van der Waals surface area contributed by atoms with Crippen LogP contribution in [0.2, 0.25) is 5.02 Å². The molecule has 3 aromatic carbocycles. The van der Waals surface area contributed by atoms with Crippen LogP contribution in [-0.2, 0) is 14.3 Å². The highest BCUT2D eigenvalue weighted by atomic mass is 35.5. The van der Waals surface area contributed by atoms with E-state index in [2.05, 4.69) is 5.32 Å². The van der Waals surface area contributed by atoms with Gasteiger partial charge in [0.15, 0.2) is 0 Å². The molecule has 0 unspecified atom stereocenters. The lowest BCUT2D eigenvalue weighted by atomic mass is 10.1. The Morgan fingerprint density at radius 2 is 1.53 bits per heavy atom. The molecule has 0 aromatic heterocycles. The summed E-state index contributed by atoms with van der Waals surface area (Å²) in [5.41, 5.74) is 0.593. The van der Waals surface area contributed by atoms with E-state index in [1.54, 1.807) is 43.3 Å². The van der Waals surface area contributed by atoms with Gasteiger partial charge in [-0.15, -0.1) is 0 Å². The third-order valence-corrected chi connectivity index (χ3v) is 5.68. The number of ether oxygens (including phenoxy) is 2. The van der Waals surface area contributed by atoms with Crippen molar-refractivity contribution in [2.75, 3.05) is 16.8 Å². The minimum Gasteiger partial charge on any atom is -0.462 e. The van der Waals surface area contributed by atoms with E-state index in [0.29, 0.717) is 16.5 Å². The fourth-order valence-electron chi connectivity index (χ4n) is 3.38. The van der Waals surface area contributed by atoms with Crippen molar-refractivity contribution in [3.05, 3.63) is 99.7 Å². The van der Waals surface area contributed by atoms with Gasteiger partial charge in [0, 0.05) is 10.7 Å². The van der Waals surface area contributed by atoms with Gasteiger partial charge in [0.25, 0.3) is 11.8 Å². The summed E-state index contributed by atoms with van der Waals surface area (Å²) in [7, 11) is 0. The number of nitrogens with one attached hydrogen (secondary N) is 1. The molecule has 4 rings (SSSR count). The zero-order chi connectivity index (χ0) is 25.8. The standard InChI is InChI=1S/C26H18Cl2N2O6/c1-2-35-26(34)19-5-3-4-6-20(19)30-23(31)21(28)22(24(30)32)29-17-11-7-15(8-12-17)25(33)36-18-13-9-16(27)10-14-18/h3-14,29H,2H2,1H3. The molecule has 1 N–H and O–H groups in total. The summed E-state index contributed by atoms with van der Waals surface area (Å²) < 4.78 is 10.3. The van der Waals surface area contributed by atoms with Crippen molar-refractivity contribution in [1.82, 2.24) is 0 Å². The number of imide groups is 1. The molecule has 182 valence electrons. The molecule has 1 aliphatic heterocycles. The topological polar surface area (TPSA) is 102 Å². The van der Waals surface area contributed by atoms with E-state index in [4.69, 9.17) is 32.7 Å². The molecule has 0 atom stereocenters. The first kappa shape index (κ1) is 25.0. The second-order valence-electron chi connectivity index (χ2n) is 7.42. The predicted molar refractivity (Wildman–Crippen MR) is 134 cm³/mol.